The molecule has 0 fully saturated rings. The van der Waals surface area contributed by atoms with Gasteiger partial charge >= 0.3 is 0 Å². The summed E-state index contributed by atoms with van der Waals surface area (Å²) in [6.45, 7) is 0. The van der Waals surface area contributed by atoms with E-state index in [1.807, 2.05) is 102 Å². The van der Waals surface area contributed by atoms with E-state index >= 15 is 0 Å². The first-order valence-electron chi connectivity index (χ1n) is 14.4. The molecule has 6 aromatic carbocycles. The molecule has 0 atom stereocenters. The van der Waals surface area contributed by atoms with E-state index in [4.69, 9.17) is 24.4 Å². The second-order valence-corrected chi connectivity index (χ2v) is 11.8. The van der Waals surface area contributed by atoms with Crippen LogP contribution in [0.4, 0.5) is 0 Å². The Hall–Kier alpha value is -5.72. The minimum atomic E-state index is 0.584. The first-order valence-corrected chi connectivity index (χ1v) is 15.2. The Morgan fingerprint density at radius 2 is 1.00 bits per heavy atom. The zero-order valence-corrected chi connectivity index (χ0v) is 24.1. The summed E-state index contributed by atoms with van der Waals surface area (Å²) < 4.78 is 9.06. The van der Waals surface area contributed by atoms with Crippen molar-refractivity contribution in [3.63, 3.8) is 0 Å². The molecule has 9 rings (SSSR count). The highest BCUT2D eigenvalue weighted by atomic mass is 32.1. The highest BCUT2D eigenvalue weighted by Crippen LogP contribution is 2.42. The van der Waals surface area contributed by atoms with Crippen LogP contribution in [0.1, 0.15) is 0 Å². The molecule has 0 radical (unpaired) electrons. The van der Waals surface area contributed by atoms with Crippen LogP contribution >= 0.6 is 11.3 Å². The van der Waals surface area contributed by atoms with Gasteiger partial charge in [-0.1, -0.05) is 103 Å². The Morgan fingerprint density at radius 3 is 1.68 bits per heavy atom. The number of rotatable bonds is 4. The monoisotopic (exact) mass is 582 g/mol. The molecule has 3 heterocycles. The summed E-state index contributed by atoms with van der Waals surface area (Å²) in [5.74, 6) is 2.47. The van der Waals surface area contributed by atoms with E-state index in [1.165, 1.54) is 20.2 Å². The van der Waals surface area contributed by atoms with Crippen molar-refractivity contribution in [3.8, 4) is 45.6 Å². The largest absolute Gasteiger partial charge is 0.435 e. The number of fused-ring (bicyclic) bond motifs is 7. The second-order valence-electron chi connectivity index (χ2n) is 10.7. The normalized spacial score (nSPS) is 11.6. The third-order valence-corrected chi connectivity index (χ3v) is 9.10. The Labute approximate surface area is 256 Å². The van der Waals surface area contributed by atoms with E-state index in [1.54, 1.807) is 0 Å². The Kier molecular flexibility index (Phi) is 5.61. The molecule has 44 heavy (non-hydrogen) atoms. The van der Waals surface area contributed by atoms with Gasteiger partial charge in [-0.2, -0.15) is 0 Å². The van der Waals surface area contributed by atoms with Crippen LogP contribution in [0.3, 0.4) is 0 Å². The molecule has 0 saturated heterocycles. The second kappa shape index (κ2) is 9.93. The van der Waals surface area contributed by atoms with Gasteiger partial charge in [-0.3, -0.25) is 0 Å². The lowest BCUT2D eigenvalue weighted by Crippen LogP contribution is -2.00. The van der Waals surface area contributed by atoms with Crippen molar-refractivity contribution in [2.75, 3.05) is 0 Å². The first kappa shape index (κ1) is 24.8. The third-order valence-electron chi connectivity index (χ3n) is 7.97. The molecule has 5 nitrogen and oxygen atoms in total. The van der Waals surface area contributed by atoms with E-state index in [9.17, 15) is 0 Å². The maximum absolute atomic E-state index is 6.55. The lowest BCUT2D eigenvalue weighted by Gasteiger charge is -2.08. The quantitative estimate of drug-likeness (QED) is 0.207. The third kappa shape index (κ3) is 4.07. The molecular formula is C38H22N4OS. The summed E-state index contributed by atoms with van der Waals surface area (Å²) in [4.78, 5) is 19.4. The summed E-state index contributed by atoms with van der Waals surface area (Å²) in [5.41, 5.74) is 5.32. The minimum Gasteiger partial charge on any atom is -0.435 e. The highest BCUT2D eigenvalue weighted by Gasteiger charge is 2.17. The van der Waals surface area contributed by atoms with Crippen LogP contribution in [0.5, 0.6) is 0 Å². The summed E-state index contributed by atoms with van der Waals surface area (Å²) in [7, 11) is 0. The summed E-state index contributed by atoms with van der Waals surface area (Å²) in [6, 6.07) is 45.2. The lowest BCUT2D eigenvalue weighted by molar-refractivity contribution is 0.623. The molecule has 0 aliphatic carbocycles. The van der Waals surface area contributed by atoms with Gasteiger partial charge in [0.05, 0.1) is 0 Å². The Balaban J connectivity index is 1.16. The van der Waals surface area contributed by atoms with E-state index in [0.29, 0.717) is 23.4 Å². The maximum Gasteiger partial charge on any atom is 0.227 e. The van der Waals surface area contributed by atoms with Crippen molar-refractivity contribution in [1.82, 2.24) is 19.9 Å². The predicted molar refractivity (Wildman–Crippen MR) is 180 cm³/mol. The van der Waals surface area contributed by atoms with Crippen molar-refractivity contribution in [2.45, 2.75) is 0 Å². The van der Waals surface area contributed by atoms with Crippen LogP contribution in [0.25, 0.3) is 87.7 Å². The van der Waals surface area contributed by atoms with Crippen LogP contribution in [0.2, 0.25) is 0 Å². The zero-order chi connectivity index (χ0) is 29.0. The smallest absolute Gasteiger partial charge is 0.227 e. The fraction of sp³-hybridized carbons (Fsp3) is 0. The Morgan fingerprint density at radius 1 is 0.432 bits per heavy atom. The fourth-order valence-corrected chi connectivity index (χ4v) is 6.95. The van der Waals surface area contributed by atoms with Crippen molar-refractivity contribution in [2.24, 2.45) is 0 Å². The molecule has 0 aliphatic rings. The van der Waals surface area contributed by atoms with Gasteiger partial charge in [-0.25, -0.2) is 19.9 Å². The zero-order valence-electron chi connectivity index (χ0n) is 23.3. The number of aromatic nitrogens is 4. The van der Waals surface area contributed by atoms with Crippen LogP contribution in [0.15, 0.2) is 138 Å². The summed E-state index contributed by atoms with van der Waals surface area (Å²) >= 11 is 1.81. The highest BCUT2D eigenvalue weighted by molar-refractivity contribution is 7.26. The molecule has 0 N–H and O–H groups in total. The lowest BCUT2D eigenvalue weighted by atomic mass is 10.0. The van der Waals surface area contributed by atoms with Gasteiger partial charge in [-0.15, -0.1) is 11.3 Å². The molecule has 0 saturated carbocycles. The van der Waals surface area contributed by atoms with Crippen LogP contribution in [0, 0.1) is 0 Å². The molecule has 9 aromatic rings. The van der Waals surface area contributed by atoms with Gasteiger partial charge in [0.1, 0.15) is 5.52 Å². The molecule has 3 aromatic heterocycles. The maximum atomic E-state index is 6.55. The number of hydrogen-bond donors (Lipinski definition) is 0. The minimum absolute atomic E-state index is 0.584. The number of nitrogens with zero attached hydrogens (tertiary/aromatic N) is 4. The standard InChI is InChI=1S/C38H22N4OS/c1-3-9-24(10-4-1)35-40-36(25-11-5-2-6-12-25)42-37(41-35)26-15-17-27(18-16-26)38-39-29-21-19-23-20-22-31-33(32(23)34(29)43-38)28-13-7-8-14-30(28)44-31/h1-22H. The molecule has 0 bridgehead atoms. The van der Waals surface area contributed by atoms with Crippen molar-refractivity contribution >= 4 is 53.4 Å². The topological polar surface area (TPSA) is 64.7 Å². The molecule has 0 unspecified atom stereocenters. The van der Waals surface area contributed by atoms with Crippen molar-refractivity contribution in [3.05, 3.63) is 133 Å². The van der Waals surface area contributed by atoms with Gasteiger partial charge in [-0.05, 0) is 35.7 Å². The van der Waals surface area contributed by atoms with Gasteiger partial charge in [0.25, 0.3) is 0 Å². The molecule has 0 amide bonds. The van der Waals surface area contributed by atoms with Gasteiger partial charge in [0.2, 0.25) is 5.89 Å². The van der Waals surface area contributed by atoms with E-state index < -0.39 is 0 Å². The first-order chi connectivity index (χ1) is 21.8. The number of thiophene rings is 1. The van der Waals surface area contributed by atoms with Crippen LogP contribution in [-0.4, -0.2) is 19.9 Å². The average Bonchev–Trinajstić information content (AvgIpc) is 3.71. The molecule has 0 aliphatic heterocycles. The Bertz CT molecular complexity index is 2430. The van der Waals surface area contributed by atoms with Gasteiger partial charge in [0.15, 0.2) is 23.1 Å². The summed E-state index contributed by atoms with van der Waals surface area (Å²) in [6.07, 6.45) is 0. The number of oxazole rings is 1. The van der Waals surface area contributed by atoms with E-state index in [2.05, 4.69) is 42.5 Å². The van der Waals surface area contributed by atoms with Crippen molar-refractivity contribution in [1.29, 1.82) is 0 Å². The number of hydrogen-bond acceptors (Lipinski definition) is 6. The van der Waals surface area contributed by atoms with Gasteiger partial charge < -0.3 is 4.42 Å². The summed E-state index contributed by atoms with van der Waals surface area (Å²) in [5, 5.41) is 4.73. The van der Waals surface area contributed by atoms with E-state index in [-0.39, 0.29) is 0 Å². The molecule has 6 heteroatoms. The van der Waals surface area contributed by atoms with Crippen LogP contribution in [-0.2, 0) is 0 Å². The predicted octanol–water partition coefficient (Wildman–Crippen LogP) is 10.2. The van der Waals surface area contributed by atoms with Crippen LogP contribution < -0.4 is 0 Å². The molecule has 0 spiro atoms. The average molecular weight is 583 g/mol. The van der Waals surface area contributed by atoms with E-state index in [0.717, 1.165) is 44.1 Å². The SMILES string of the molecule is c1ccc(-c2nc(-c3ccccc3)nc(-c3ccc(-c4nc5ccc6ccc7sc8ccccc8c7c6c5o4)cc3)n2)cc1. The number of benzene rings is 6. The van der Waals surface area contributed by atoms with Gasteiger partial charge in [0, 0.05) is 47.8 Å². The molecule has 206 valence electrons. The fourth-order valence-electron chi connectivity index (χ4n) is 5.83. The molecular weight excluding hydrogens is 561 g/mol. The van der Waals surface area contributed by atoms with Crippen molar-refractivity contribution < 1.29 is 4.42 Å².